The van der Waals surface area contributed by atoms with Gasteiger partial charge in [-0.3, -0.25) is 14.5 Å². The largest absolute Gasteiger partial charge is 0.507 e. The predicted molar refractivity (Wildman–Crippen MR) is 138 cm³/mol. The van der Waals surface area contributed by atoms with Crippen molar-refractivity contribution >= 4 is 34.4 Å². The number of amides is 1. The van der Waals surface area contributed by atoms with E-state index in [1.165, 1.54) is 11.2 Å². The number of Topliss-reactive ketones (excluding diaryl/α,β-unsaturated/α-hetero) is 1. The molecule has 37 heavy (non-hydrogen) atoms. The van der Waals surface area contributed by atoms with Crippen molar-refractivity contribution in [2.24, 2.45) is 0 Å². The van der Waals surface area contributed by atoms with Gasteiger partial charge < -0.3 is 24.0 Å². The number of carbonyl (C=O) groups excluding carboxylic acids is 2. The third-order valence-corrected chi connectivity index (χ3v) is 6.39. The third kappa shape index (κ3) is 4.12. The first-order valence-electron chi connectivity index (χ1n) is 12.0. The van der Waals surface area contributed by atoms with E-state index in [1.807, 2.05) is 39.8 Å². The highest BCUT2D eigenvalue weighted by molar-refractivity contribution is 6.51. The maximum Gasteiger partial charge on any atom is 0.302 e. The van der Waals surface area contributed by atoms with Crippen LogP contribution in [0.5, 0.6) is 11.5 Å². The van der Waals surface area contributed by atoms with E-state index in [2.05, 4.69) is 9.97 Å². The molecule has 9 nitrogen and oxygen atoms in total. The van der Waals surface area contributed by atoms with Crippen LogP contribution in [0.25, 0.3) is 16.8 Å². The minimum Gasteiger partial charge on any atom is -0.507 e. The maximum absolute atomic E-state index is 13.4. The summed E-state index contributed by atoms with van der Waals surface area (Å²) in [5, 5.41) is 11.5. The highest BCUT2D eigenvalue weighted by atomic mass is 16.5. The average Bonchev–Trinajstić information content (AvgIpc) is 3.59. The van der Waals surface area contributed by atoms with Gasteiger partial charge in [-0.05, 0) is 75.2 Å². The molecule has 1 aliphatic rings. The summed E-state index contributed by atoms with van der Waals surface area (Å²) in [7, 11) is 0. The van der Waals surface area contributed by atoms with Crippen molar-refractivity contribution in [2.45, 2.75) is 33.7 Å². The van der Waals surface area contributed by atoms with Gasteiger partial charge in [0.05, 0.1) is 41.6 Å². The molecule has 1 aliphatic heterocycles. The summed E-state index contributed by atoms with van der Waals surface area (Å²) in [5.41, 5.74) is 3.63. The van der Waals surface area contributed by atoms with E-state index in [-0.39, 0.29) is 22.8 Å². The van der Waals surface area contributed by atoms with Crippen molar-refractivity contribution in [3.05, 3.63) is 76.8 Å². The number of aryl methyl sites for hydroxylation is 2. The lowest BCUT2D eigenvalue weighted by atomic mass is 9.98. The minimum atomic E-state index is -1.04. The number of carbonyl (C=O) groups is 2. The quantitative estimate of drug-likeness (QED) is 0.203. The van der Waals surface area contributed by atoms with Crippen molar-refractivity contribution in [1.29, 1.82) is 0 Å². The van der Waals surface area contributed by atoms with Crippen molar-refractivity contribution in [2.75, 3.05) is 18.1 Å². The van der Waals surface area contributed by atoms with Crippen LogP contribution < -0.4 is 14.4 Å². The number of aromatic nitrogens is 2. The molecule has 4 aromatic rings. The summed E-state index contributed by atoms with van der Waals surface area (Å²) in [6, 6.07) is 11.0. The second-order valence-corrected chi connectivity index (χ2v) is 8.72. The number of nitrogens with one attached hydrogen (secondary N) is 1. The molecule has 1 saturated heterocycles. The monoisotopic (exact) mass is 501 g/mol. The van der Waals surface area contributed by atoms with Gasteiger partial charge in [0, 0.05) is 6.07 Å². The molecular weight excluding hydrogens is 474 g/mol. The molecule has 1 unspecified atom stereocenters. The molecule has 190 valence electrons. The maximum atomic E-state index is 13.4. The minimum absolute atomic E-state index is 0.127. The molecule has 0 saturated carbocycles. The van der Waals surface area contributed by atoms with Crippen molar-refractivity contribution < 1.29 is 28.6 Å². The number of fused-ring (bicyclic) bond motifs is 1. The number of ether oxygens (including phenoxy) is 2. The number of aliphatic hydroxyl groups is 1. The Kier molecular flexibility index (Phi) is 6.20. The molecule has 2 aromatic carbocycles. The SMILES string of the molecule is CCOc1ccc(/C(O)=C2\C(=O)C(=O)N(c3nc4cc(C)c(C)cc4[nH]3)C2c2ccco2)c(OCC)c1. The van der Waals surface area contributed by atoms with Gasteiger partial charge in [0.2, 0.25) is 5.95 Å². The first-order valence-corrected chi connectivity index (χ1v) is 12.0. The molecule has 1 atom stereocenters. The Bertz CT molecular complexity index is 1490. The van der Waals surface area contributed by atoms with Gasteiger partial charge in [0.15, 0.2) is 0 Å². The number of ketones is 1. The van der Waals surface area contributed by atoms with E-state index < -0.39 is 17.7 Å². The predicted octanol–water partition coefficient (Wildman–Crippen LogP) is 5.20. The molecule has 0 spiro atoms. The molecule has 0 radical (unpaired) electrons. The van der Waals surface area contributed by atoms with Crippen LogP contribution in [-0.4, -0.2) is 40.0 Å². The van der Waals surface area contributed by atoms with Gasteiger partial charge in [0.25, 0.3) is 5.78 Å². The molecule has 5 rings (SSSR count). The highest BCUT2D eigenvalue weighted by Crippen LogP contribution is 2.43. The Balaban J connectivity index is 1.69. The highest BCUT2D eigenvalue weighted by Gasteiger charge is 2.49. The molecule has 9 heteroatoms. The van der Waals surface area contributed by atoms with E-state index in [9.17, 15) is 14.7 Å². The Labute approximate surface area is 213 Å². The van der Waals surface area contributed by atoms with Crippen LogP contribution in [0.1, 0.15) is 42.3 Å². The topological polar surface area (TPSA) is 118 Å². The zero-order chi connectivity index (χ0) is 26.3. The second kappa shape index (κ2) is 9.50. The van der Waals surface area contributed by atoms with Crippen LogP contribution in [0.3, 0.4) is 0 Å². The van der Waals surface area contributed by atoms with Gasteiger partial charge in [0.1, 0.15) is 29.1 Å². The third-order valence-electron chi connectivity index (χ3n) is 6.39. The van der Waals surface area contributed by atoms with Crippen LogP contribution in [0, 0.1) is 13.8 Å². The number of rotatable bonds is 7. The summed E-state index contributed by atoms with van der Waals surface area (Å²) in [6.45, 7) is 8.41. The number of aliphatic hydroxyl groups excluding tert-OH is 1. The standard InChI is InChI=1S/C28H27N3O6/c1-5-35-17-9-10-18(22(14-17)36-6-2)25(32)23-24(21-8-7-11-37-21)31(27(34)26(23)33)28-29-19-12-15(3)16(4)13-20(19)30-28/h7-14,24,32H,5-6H2,1-4H3,(H,29,30)/b25-23+. The Morgan fingerprint density at radius 1 is 1.08 bits per heavy atom. The zero-order valence-corrected chi connectivity index (χ0v) is 21.0. The number of hydrogen-bond acceptors (Lipinski definition) is 7. The molecular formula is C28H27N3O6. The Hall–Kier alpha value is -4.53. The molecule has 3 heterocycles. The van der Waals surface area contributed by atoms with Crippen LogP contribution in [-0.2, 0) is 9.59 Å². The van der Waals surface area contributed by atoms with E-state index >= 15 is 0 Å². The number of furan rings is 1. The van der Waals surface area contributed by atoms with Crippen LogP contribution >= 0.6 is 0 Å². The van der Waals surface area contributed by atoms with Crippen LogP contribution in [0.2, 0.25) is 0 Å². The van der Waals surface area contributed by atoms with Gasteiger partial charge in [-0.2, -0.15) is 0 Å². The Morgan fingerprint density at radius 3 is 2.54 bits per heavy atom. The molecule has 2 aromatic heterocycles. The summed E-state index contributed by atoms with van der Waals surface area (Å²) in [6.07, 6.45) is 1.45. The second-order valence-electron chi connectivity index (χ2n) is 8.72. The van der Waals surface area contributed by atoms with E-state index in [4.69, 9.17) is 13.9 Å². The summed E-state index contributed by atoms with van der Waals surface area (Å²) in [4.78, 5) is 35.8. The van der Waals surface area contributed by atoms with Crippen molar-refractivity contribution in [3.8, 4) is 11.5 Å². The van der Waals surface area contributed by atoms with E-state index in [1.54, 1.807) is 30.3 Å². The van der Waals surface area contributed by atoms with Crippen molar-refractivity contribution in [1.82, 2.24) is 9.97 Å². The molecule has 1 fully saturated rings. The number of nitrogens with zero attached hydrogens (tertiary/aromatic N) is 2. The smallest absolute Gasteiger partial charge is 0.302 e. The van der Waals surface area contributed by atoms with Gasteiger partial charge in [-0.15, -0.1) is 0 Å². The number of benzene rings is 2. The Morgan fingerprint density at radius 2 is 1.84 bits per heavy atom. The fourth-order valence-corrected chi connectivity index (χ4v) is 4.51. The van der Waals surface area contributed by atoms with Gasteiger partial charge in [-0.1, -0.05) is 0 Å². The van der Waals surface area contributed by atoms with Gasteiger partial charge in [-0.25, -0.2) is 4.98 Å². The average molecular weight is 502 g/mol. The fourth-order valence-electron chi connectivity index (χ4n) is 4.51. The lowest BCUT2D eigenvalue weighted by molar-refractivity contribution is -0.132. The summed E-state index contributed by atoms with van der Waals surface area (Å²) < 4.78 is 16.9. The van der Waals surface area contributed by atoms with Crippen LogP contribution in [0.15, 0.2) is 58.7 Å². The number of imidazole rings is 1. The first-order chi connectivity index (χ1) is 17.8. The molecule has 0 aliphatic carbocycles. The normalized spacial score (nSPS) is 17.1. The van der Waals surface area contributed by atoms with Crippen LogP contribution in [0.4, 0.5) is 5.95 Å². The summed E-state index contributed by atoms with van der Waals surface area (Å²) >= 11 is 0. The zero-order valence-electron chi connectivity index (χ0n) is 21.0. The fraction of sp³-hybridized carbons (Fsp3) is 0.250. The molecule has 1 amide bonds. The first kappa shape index (κ1) is 24.2. The van der Waals surface area contributed by atoms with Crippen molar-refractivity contribution in [3.63, 3.8) is 0 Å². The molecule has 0 bridgehead atoms. The number of anilines is 1. The number of hydrogen-bond donors (Lipinski definition) is 2. The lowest BCUT2D eigenvalue weighted by Crippen LogP contribution is -2.30. The van der Waals surface area contributed by atoms with E-state index in [0.717, 1.165) is 16.6 Å². The summed E-state index contributed by atoms with van der Waals surface area (Å²) in [5.74, 6) is -0.709. The van der Waals surface area contributed by atoms with Gasteiger partial charge >= 0.3 is 5.91 Å². The number of H-pyrrole nitrogens is 1. The molecule has 2 N–H and O–H groups in total. The number of aromatic amines is 1. The van der Waals surface area contributed by atoms with E-state index in [0.29, 0.717) is 36.0 Å². The lowest BCUT2D eigenvalue weighted by Gasteiger charge is -2.21.